The molecule has 15 heavy (non-hydrogen) atoms. The molecular weight excluding hydrogens is 190 g/mol. The quantitative estimate of drug-likeness (QED) is 0.792. The van der Waals surface area contributed by atoms with Gasteiger partial charge in [-0.2, -0.15) is 0 Å². The number of aliphatic hydroxyl groups is 1. The molecule has 0 aliphatic heterocycles. The molecule has 1 aromatic rings. The maximum atomic E-state index is 9.97. The Morgan fingerprint density at radius 1 is 1.40 bits per heavy atom. The van der Waals surface area contributed by atoms with E-state index < -0.39 is 6.10 Å². The van der Waals surface area contributed by atoms with Gasteiger partial charge in [-0.3, -0.25) is 0 Å². The Bertz CT molecular complexity index is 325. The molecule has 2 N–H and O–H groups in total. The molecule has 0 amide bonds. The molecule has 84 valence electrons. The van der Waals surface area contributed by atoms with Crippen molar-refractivity contribution < 1.29 is 9.84 Å². The Balaban J connectivity index is 2.92. The zero-order chi connectivity index (χ0) is 11.4. The standard InChI is InChI=1S/C12H19NO2/c1-8-7-10(5-6-11(8)15-4)12(14)9(2)13-3/h5-7,9,12-14H,1-4H3. The van der Waals surface area contributed by atoms with Crippen LogP contribution in [0.5, 0.6) is 5.75 Å². The van der Waals surface area contributed by atoms with Gasteiger partial charge in [-0.05, 0) is 44.2 Å². The van der Waals surface area contributed by atoms with E-state index in [0.717, 1.165) is 16.9 Å². The third kappa shape index (κ3) is 2.70. The third-order valence-corrected chi connectivity index (χ3v) is 2.69. The van der Waals surface area contributed by atoms with Crippen LogP contribution < -0.4 is 10.1 Å². The molecule has 0 aromatic heterocycles. The van der Waals surface area contributed by atoms with Crippen molar-refractivity contribution in [1.82, 2.24) is 5.32 Å². The zero-order valence-corrected chi connectivity index (χ0v) is 9.74. The van der Waals surface area contributed by atoms with E-state index >= 15 is 0 Å². The lowest BCUT2D eigenvalue weighted by Gasteiger charge is -2.19. The lowest BCUT2D eigenvalue weighted by Crippen LogP contribution is -2.28. The highest BCUT2D eigenvalue weighted by Crippen LogP contribution is 2.23. The van der Waals surface area contributed by atoms with Crippen molar-refractivity contribution in [2.75, 3.05) is 14.2 Å². The van der Waals surface area contributed by atoms with E-state index in [1.165, 1.54) is 0 Å². The van der Waals surface area contributed by atoms with Crippen LogP contribution in [-0.4, -0.2) is 25.3 Å². The van der Waals surface area contributed by atoms with Gasteiger partial charge in [0.05, 0.1) is 13.2 Å². The molecule has 1 rings (SSSR count). The van der Waals surface area contributed by atoms with Gasteiger partial charge in [0, 0.05) is 6.04 Å². The van der Waals surface area contributed by atoms with Crippen molar-refractivity contribution in [2.45, 2.75) is 26.0 Å². The van der Waals surface area contributed by atoms with Crippen molar-refractivity contribution in [3.63, 3.8) is 0 Å². The summed E-state index contributed by atoms with van der Waals surface area (Å²) in [5.41, 5.74) is 1.95. The smallest absolute Gasteiger partial charge is 0.121 e. The Morgan fingerprint density at radius 3 is 2.53 bits per heavy atom. The van der Waals surface area contributed by atoms with Crippen LogP contribution in [0.3, 0.4) is 0 Å². The first-order valence-electron chi connectivity index (χ1n) is 5.10. The van der Waals surface area contributed by atoms with Gasteiger partial charge in [-0.25, -0.2) is 0 Å². The summed E-state index contributed by atoms with van der Waals surface area (Å²) >= 11 is 0. The lowest BCUT2D eigenvalue weighted by atomic mass is 10.0. The van der Waals surface area contributed by atoms with E-state index in [1.54, 1.807) is 7.11 Å². The van der Waals surface area contributed by atoms with Gasteiger partial charge in [0.2, 0.25) is 0 Å². The Morgan fingerprint density at radius 2 is 2.07 bits per heavy atom. The highest BCUT2D eigenvalue weighted by molar-refractivity contribution is 5.37. The number of nitrogens with one attached hydrogen (secondary N) is 1. The molecule has 0 saturated heterocycles. The molecule has 0 aliphatic rings. The van der Waals surface area contributed by atoms with Crippen LogP contribution >= 0.6 is 0 Å². The number of aliphatic hydroxyl groups excluding tert-OH is 1. The molecule has 0 spiro atoms. The highest BCUT2D eigenvalue weighted by Gasteiger charge is 2.15. The second-order valence-electron chi connectivity index (χ2n) is 3.75. The Hall–Kier alpha value is -1.06. The lowest BCUT2D eigenvalue weighted by molar-refractivity contribution is 0.140. The van der Waals surface area contributed by atoms with Gasteiger partial charge in [0.15, 0.2) is 0 Å². The summed E-state index contributed by atoms with van der Waals surface area (Å²) in [6.45, 7) is 3.92. The minimum Gasteiger partial charge on any atom is -0.496 e. The summed E-state index contributed by atoms with van der Waals surface area (Å²) in [6.07, 6.45) is -0.486. The first kappa shape index (κ1) is 12.0. The average molecular weight is 209 g/mol. The number of hydrogen-bond acceptors (Lipinski definition) is 3. The number of hydrogen-bond donors (Lipinski definition) is 2. The third-order valence-electron chi connectivity index (χ3n) is 2.69. The molecule has 3 heteroatoms. The molecule has 2 atom stereocenters. The molecular formula is C12H19NO2. The van der Waals surface area contributed by atoms with E-state index in [9.17, 15) is 5.11 Å². The number of benzene rings is 1. The summed E-state index contributed by atoms with van der Waals surface area (Å²) in [5, 5.41) is 13.0. The van der Waals surface area contributed by atoms with E-state index in [4.69, 9.17) is 4.74 Å². The SMILES string of the molecule is CNC(C)C(O)c1ccc(OC)c(C)c1. The van der Waals surface area contributed by atoms with Crippen LogP contribution in [0, 0.1) is 6.92 Å². The van der Waals surface area contributed by atoms with Crippen LogP contribution in [0.2, 0.25) is 0 Å². The number of rotatable bonds is 4. The van der Waals surface area contributed by atoms with Crippen molar-refractivity contribution >= 4 is 0 Å². The van der Waals surface area contributed by atoms with Crippen LogP contribution in [0.15, 0.2) is 18.2 Å². The van der Waals surface area contributed by atoms with E-state index in [2.05, 4.69) is 5.32 Å². The minimum atomic E-state index is -0.486. The molecule has 0 radical (unpaired) electrons. The van der Waals surface area contributed by atoms with Crippen molar-refractivity contribution in [3.8, 4) is 5.75 Å². The monoisotopic (exact) mass is 209 g/mol. The van der Waals surface area contributed by atoms with E-state index in [1.807, 2.05) is 39.1 Å². The Labute approximate surface area is 91.1 Å². The van der Waals surface area contributed by atoms with Crippen molar-refractivity contribution in [2.24, 2.45) is 0 Å². The highest BCUT2D eigenvalue weighted by atomic mass is 16.5. The van der Waals surface area contributed by atoms with Gasteiger partial charge in [-0.15, -0.1) is 0 Å². The summed E-state index contributed by atoms with van der Waals surface area (Å²) in [6, 6.07) is 5.77. The summed E-state index contributed by atoms with van der Waals surface area (Å²) < 4.78 is 5.17. The molecule has 3 nitrogen and oxygen atoms in total. The summed E-state index contributed by atoms with van der Waals surface area (Å²) in [4.78, 5) is 0. The predicted octanol–water partition coefficient (Wildman–Crippen LogP) is 1.64. The predicted molar refractivity (Wildman–Crippen MR) is 61.2 cm³/mol. The second-order valence-corrected chi connectivity index (χ2v) is 3.75. The van der Waals surface area contributed by atoms with Gasteiger partial charge in [0.1, 0.15) is 5.75 Å². The van der Waals surface area contributed by atoms with E-state index in [-0.39, 0.29) is 6.04 Å². The molecule has 0 fully saturated rings. The van der Waals surface area contributed by atoms with Crippen LogP contribution in [-0.2, 0) is 0 Å². The maximum Gasteiger partial charge on any atom is 0.121 e. The van der Waals surface area contributed by atoms with Gasteiger partial charge in [-0.1, -0.05) is 6.07 Å². The van der Waals surface area contributed by atoms with Gasteiger partial charge in [0.25, 0.3) is 0 Å². The van der Waals surface area contributed by atoms with Crippen LogP contribution in [0.25, 0.3) is 0 Å². The largest absolute Gasteiger partial charge is 0.496 e. The summed E-state index contributed by atoms with van der Waals surface area (Å²) in [5.74, 6) is 0.850. The van der Waals surface area contributed by atoms with Crippen molar-refractivity contribution in [1.29, 1.82) is 0 Å². The fraction of sp³-hybridized carbons (Fsp3) is 0.500. The molecule has 0 bridgehead atoms. The molecule has 0 saturated carbocycles. The number of ether oxygens (including phenoxy) is 1. The minimum absolute atomic E-state index is 0.0396. The van der Waals surface area contributed by atoms with Crippen LogP contribution in [0.1, 0.15) is 24.2 Å². The normalized spacial score (nSPS) is 14.7. The second kappa shape index (κ2) is 5.14. The number of methoxy groups -OCH3 is 1. The number of likely N-dealkylation sites (N-methyl/N-ethyl adjacent to an activating group) is 1. The van der Waals surface area contributed by atoms with Crippen LogP contribution in [0.4, 0.5) is 0 Å². The van der Waals surface area contributed by atoms with Crippen molar-refractivity contribution in [3.05, 3.63) is 29.3 Å². The molecule has 2 unspecified atom stereocenters. The van der Waals surface area contributed by atoms with E-state index in [0.29, 0.717) is 0 Å². The fourth-order valence-corrected chi connectivity index (χ4v) is 1.53. The molecule has 0 aliphatic carbocycles. The Kier molecular flexibility index (Phi) is 4.12. The molecule has 1 aromatic carbocycles. The molecule has 0 heterocycles. The zero-order valence-electron chi connectivity index (χ0n) is 9.74. The first-order chi connectivity index (χ1) is 7.10. The fourth-order valence-electron chi connectivity index (χ4n) is 1.53. The topological polar surface area (TPSA) is 41.5 Å². The van der Waals surface area contributed by atoms with Gasteiger partial charge < -0.3 is 15.2 Å². The van der Waals surface area contributed by atoms with Gasteiger partial charge >= 0.3 is 0 Å². The number of aryl methyl sites for hydroxylation is 1. The first-order valence-corrected chi connectivity index (χ1v) is 5.10. The average Bonchev–Trinajstić information content (AvgIpc) is 2.26. The maximum absolute atomic E-state index is 9.97. The summed E-state index contributed by atoms with van der Waals surface area (Å²) in [7, 11) is 3.49.